The van der Waals surface area contributed by atoms with E-state index in [2.05, 4.69) is 47.9 Å². The van der Waals surface area contributed by atoms with Gasteiger partial charge in [0.25, 0.3) is 0 Å². The Labute approximate surface area is 129 Å². The molecule has 0 radical (unpaired) electrons. The summed E-state index contributed by atoms with van der Waals surface area (Å²) in [5, 5.41) is 3.47. The summed E-state index contributed by atoms with van der Waals surface area (Å²) in [6.45, 7) is 12.3. The van der Waals surface area contributed by atoms with Crippen LogP contribution in [0.1, 0.15) is 58.9 Å². The molecule has 1 fully saturated rings. The SMILES string of the molecule is CCCNc1ncnc(N2CCC(C)(C)CC2)c1CCC. The van der Waals surface area contributed by atoms with Crippen LogP contribution in [0.4, 0.5) is 11.6 Å². The molecule has 0 unspecified atom stereocenters. The average Bonchev–Trinajstić information content (AvgIpc) is 2.46. The molecule has 1 aliphatic rings. The molecule has 4 nitrogen and oxygen atoms in total. The summed E-state index contributed by atoms with van der Waals surface area (Å²) in [5.74, 6) is 2.19. The number of piperidine rings is 1. The van der Waals surface area contributed by atoms with E-state index in [0.29, 0.717) is 5.41 Å². The third-order valence-corrected chi connectivity index (χ3v) is 4.38. The lowest BCUT2D eigenvalue weighted by atomic mass is 9.82. The topological polar surface area (TPSA) is 41.1 Å². The second-order valence-electron chi connectivity index (χ2n) is 6.85. The summed E-state index contributed by atoms with van der Waals surface area (Å²) in [5.41, 5.74) is 1.77. The summed E-state index contributed by atoms with van der Waals surface area (Å²) in [6.07, 6.45) is 7.47. The Kier molecular flexibility index (Phi) is 5.43. The number of nitrogens with zero attached hydrogens (tertiary/aromatic N) is 3. The van der Waals surface area contributed by atoms with Gasteiger partial charge in [-0.05, 0) is 31.1 Å². The standard InChI is InChI=1S/C17H30N4/c1-5-7-14-15(18-10-6-2)19-13-20-16(14)21-11-8-17(3,4)9-12-21/h13H,5-12H2,1-4H3,(H,18,19,20). The normalized spacial score (nSPS) is 17.8. The molecular weight excluding hydrogens is 260 g/mol. The third kappa shape index (κ3) is 4.08. The second kappa shape index (κ2) is 7.10. The van der Waals surface area contributed by atoms with E-state index < -0.39 is 0 Å². The lowest BCUT2D eigenvalue weighted by Gasteiger charge is -2.38. The Morgan fingerprint density at radius 1 is 1.14 bits per heavy atom. The Balaban J connectivity index is 2.21. The van der Waals surface area contributed by atoms with Crippen LogP contribution in [0.3, 0.4) is 0 Å². The number of rotatable bonds is 6. The second-order valence-corrected chi connectivity index (χ2v) is 6.85. The zero-order valence-corrected chi connectivity index (χ0v) is 14.1. The molecule has 4 heteroatoms. The largest absolute Gasteiger partial charge is 0.370 e. The molecule has 0 bridgehead atoms. The van der Waals surface area contributed by atoms with Crippen LogP contribution in [0.2, 0.25) is 0 Å². The molecule has 0 spiro atoms. The number of aromatic nitrogens is 2. The van der Waals surface area contributed by atoms with Crippen LogP contribution >= 0.6 is 0 Å². The number of hydrogen-bond donors (Lipinski definition) is 1. The van der Waals surface area contributed by atoms with Crippen molar-refractivity contribution < 1.29 is 0 Å². The van der Waals surface area contributed by atoms with E-state index >= 15 is 0 Å². The van der Waals surface area contributed by atoms with Gasteiger partial charge in [-0.2, -0.15) is 0 Å². The van der Waals surface area contributed by atoms with Gasteiger partial charge in [0.2, 0.25) is 0 Å². The van der Waals surface area contributed by atoms with E-state index in [1.165, 1.54) is 18.4 Å². The molecule has 0 saturated carbocycles. The number of hydrogen-bond acceptors (Lipinski definition) is 4. The quantitative estimate of drug-likeness (QED) is 0.863. The Hall–Kier alpha value is -1.32. The highest BCUT2D eigenvalue weighted by Crippen LogP contribution is 2.34. The molecule has 0 aromatic carbocycles. The molecule has 0 atom stereocenters. The van der Waals surface area contributed by atoms with Crippen LogP contribution in [-0.4, -0.2) is 29.6 Å². The van der Waals surface area contributed by atoms with Crippen LogP contribution < -0.4 is 10.2 Å². The first-order valence-corrected chi connectivity index (χ1v) is 8.40. The van der Waals surface area contributed by atoms with Gasteiger partial charge in [0.1, 0.15) is 18.0 Å². The van der Waals surface area contributed by atoms with Crippen LogP contribution in [0.5, 0.6) is 0 Å². The van der Waals surface area contributed by atoms with Gasteiger partial charge < -0.3 is 10.2 Å². The molecule has 1 aromatic rings. The van der Waals surface area contributed by atoms with Gasteiger partial charge in [-0.1, -0.05) is 34.1 Å². The summed E-state index contributed by atoms with van der Waals surface area (Å²) in [6, 6.07) is 0. The van der Waals surface area contributed by atoms with Gasteiger partial charge in [-0.25, -0.2) is 9.97 Å². The fourth-order valence-electron chi connectivity index (χ4n) is 2.88. The lowest BCUT2D eigenvalue weighted by Crippen LogP contribution is -2.38. The van der Waals surface area contributed by atoms with Crippen LogP contribution in [0, 0.1) is 5.41 Å². The lowest BCUT2D eigenvalue weighted by molar-refractivity contribution is 0.279. The molecule has 1 aromatic heterocycles. The minimum atomic E-state index is 0.470. The predicted octanol–water partition coefficient (Wildman–Crippen LogP) is 3.88. The zero-order valence-electron chi connectivity index (χ0n) is 14.1. The monoisotopic (exact) mass is 290 g/mol. The summed E-state index contributed by atoms with van der Waals surface area (Å²) < 4.78 is 0. The van der Waals surface area contributed by atoms with Crippen molar-refractivity contribution >= 4 is 11.6 Å². The first-order chi connectivity index (χ1) is 10.1. The smallest absolute Gasteiger partial charge is 0.137 e. The molecule has 1 aliphatic heterocycles. The fraction of sp³-hybridized carbons (Fsp3) is 0.765. The highest BCUT2D eigenvalue weighted by atomic mass is 15.2. The summed E-state index contributed by atoms with van der Waals surface area (Å²) in [7, 11) is 0. The minimum Gasteiger partial charge on any atom is -0.370 e. The van der Waals surface area contributed by atoms with E-state index in [1.54, 1.807) is 6.33 Å². The van der Waals surface area contributed by atoms with Crippen molar-refractivity contribution in [1.29, 1.82) is 0 Å². The van der Waals surface area contributed by atoms with Crippen molar-refractivity contribution in [3.05, 3.63) is 11.9 Å². The van der Waals surface area contributed by atoms with Gasteiger partial charge in [0, 0.05) is 25.2 Å². The van der Waals surface area contributed by atoms with E-state index in [9.17, 15) is 0 Å². The Morgan fingerprint density at radius 2 is 1.86 bits per heavy atom. The molecule has 2 heterocycles. The zero-order chi connectivity index (χ0) is 15.3. The molecule has 1 saturated heterocycles. The molecule has 118 valence electrons. The van der Waals surface area contributed by atoms with Gasteiger partial charge >= 0.3 is 0 Å². The van der Waals surface area contributed by atoms with Crippen LogP contribution in [-0.2, 0) is 6.42 Å². The molecule has 2 rings (SSSR count). The highest BCUT2D eigenvalue weighted by molar-refractivity contribution is 5.59. The minimum absolute atomic E-state index is 0.470. The fourth-order valence-corrected chi connectivity index (χ4v) is 2.88. The van der Waals surface area contributed by atoms with Crippen molar-refractivity contribution in [2.45, 2.75) is 59.8 Å². The van der Waals surface area contributed by atoms with E-state index in [0.717, 1.165) is 50.5 Å². The van der Waals surface area contributed by atoms with E-state index in [1.807, 2.05) is 0 Å². The Morgan fingerprint density at radius 3 is 2.48 bits per heavy atom. The van der Waals surface area contributed by atoms with Gasteiger partial charge in [-0.3, -0.25) is 0 Å². The van der Waals surface area contributed by atoms with Crippen molar-refractivity contribution in [3.8, 4) is 0 Å². The summed E-state index contributed by atoms with van der Waals surface area (Å²) >= 11 is 0. The van der Waals surface area contributed by atoms with Crippen LogP contribution in [0.25, 0.3) is 0 Å². The van der Waals surface area contributed by atoms with E-state index in [-0.39, 0.29) is 0 Å². The number of nitrogens with one attached hydrogen (secondary N) is 1. The molecule has 1 N–H and O–H groups in total. The highest BCUT2D eigenvalue weighted by Gasteiger charge is 2.27. The van der Waals surface area contributed by atoms with Gasteiger partial charge in [0.15, 0.2) is 0 Å². The maximum absolute atomic E-state index is 4.61. The van der Waals surface area contributed by atoms with Crippen molar-refractivity contribution in [2.24, 2.45) is 5.41 Å². The Bertz CT molecular complexity index is 446. The first-order valence-electron chi connectivity index (χ1n) is 8.40. The molecule has 0 aliphatic carbocycles. The van der Waals surface area contributed by atoms with Crippen molar-refractivity contribution in [3.63, 3.8) is 0 Å². The van der Waals surface area contributed by atoms with Crippen molar-refractivity contribution in [2.75, 3.05) is 29.9 Å². The maximum atomic E-state index is 4.61. The maximum Gasteiger partial charge on any atom is 0.137 e. The van der Waals surface area contributed by atoms with Gasteiger partial charge in [-0.15, -0.1) is 0 Å². The van der Waals surface area contributed by atoms with Crippen LogP contribution in [0.15, 0.2) is 6.33 Å². The average molecular weight is 290 g/mol. The summed E-state index contributed by atoms with van der Waals surface area (Å²) in [4.78, 5) is 11.5. The van der Waals surface area contributed by atoms with Gasteiger partial charge in [0.05, 0.1) is 0 Å². The third-order valence-electron chi connectivity index (χ3n) is 4.38. The first kappa shape index (κ1) is 16.1. The molecule has 0 amide bonds. The van der Waals surface area contributed by atoms with Crippen molar-refractivity contribution in [1.82, 2.24) is 9.97 Å². The number of anilines is 2. The molecular formula is C17H30N4. The van der Waals surface area contributed by atoms with E-state index in [4.69, 9.17) is 0 Å². The molecule has 21 heavy (non-hydrogen) atoms. The predicted molar refractivity (Wildman–Crippen MR) is 90.0 cm³/mol.